The van der Waals surface area contributed by atoms with Gasteiger partial charge >= 0.3 is 0 Å². The Hall–Kier alpha value is -2.88. The van der Waals surface area contributed by atoms with Crippen LogP contribution in [0.4, 0.5) is 0 Å². The van der Waals surface area contributed by atoms with Gasteiger partial charge in [0.1, 0.15) is 11.6 Å². The molecule has 0 bridgehead atoms. The Labute approximate surface area is 313 Å². The van der Waals surface area contributed by atoms with Crippen LogP contribution in [-0.2, 0) is 37.7 Å². The third-order valence-electron chi connectivity index (χ3n) is 10.2. The Bertz CT molecular complexity index is 1800. The number of allylic oxidation sites excluding steroid dienone is 2. The monoisotopic (exact) mass is 844 g/mol. The first-order valence-corrected chi connectivity index (χ1v) is 18.0. The number of carbonyl (C=O) groups is 1. The van der Waals surface area contributed by atoms with Gasteiger partial charge in [-0.25, -0.2) is 4.98 Å². The molecule has 0 aliphatic heterocycles. The molecule has 0 atom stereocenters. The number of fused-ring (bicyclic) bond motifs is 3. The second-order valence-electron chi connectivity index (χ2n) is 15.1. The van der Waals surface area contributed by atoms with E-state index in [0.29, 0.717) is 11.8 Å². The van der Waals surface area contributed by atoms with Crippen molar-refractivity contribution in [3.05, 3.63) is 82.4 Å². The first kappa shape index (κ1) is 38.9. The molecule has 0 unspecified atom stereocenters. The molecule has 0 saturated heterocycles. The van der Waals surface area contributed by atoms with E-state index in [1.807, 2.05) is 48.5 Å². The van der Waals surface area contributed by atoms with Crippen LogP contribution in [-0.4, -0.2) is 20.9 Å². The van der Waals surface area contributed by atoms with Gasteiger partial charge in [-0.15, -0.1) is 34.9 Å². The molecule has 0 saturated carbocycles. The van der Waals surface area contributed by atoms with E-state index in [-0.39, 0.29) is 48.3 Å². The second kappa shape index (κ2) is 17.9. The molecule has 1 heterocycles. The van der Waals surface area contributed by atoms with Gasteiger partial charge in [0.05, 0.1) is 5.52 Å². The maximum absolute atomic E-state index is 12.2. The summed E-state index contributed by atoms with van der Waals surface area (Å²) >= 11 is 0. The summed E-state index contributed by atoms with van der Waals surface area (Å²) < 4.78 is 16.1. The van der Waals surface area contributed by atoms with Crippen LogP contribution in [0, 0.1) is 49.5 Å². The van der Waals surface area contributed by atoms with E-state index in [2.05, 4.69) is 82.1 Å². The third-order valence-corrected chi connectivity index (χ3v) is 10.2. The molecule has 1 radical (unpaired) electrons. The molecule has 1 N–H and O–H groups in total. The molecule has 3 aromatic carbocycles. The van der Waals surface area contributed by atoms with Crippen LogP contribution in [0.1, 0.15) is 126 Å². The van der Waals surface area contributed by atoms with Crippen molar-refractivity contribution < 1.29 is 32.7 Å². The SMILES string of the molecule is CCC(C)(CC)C(=O)/C=C(\O)C(C)(CC)CC.[2H]C([2H])c1nc(-c2[c-]c(C)cc(C)c2)c2ccc3cc(CC(C)C)cc(CC(C)C)c3c2n1.[Ir]. The number of rotatable bonds is 12. The van der Waals surface area contributed by atoms with Crippen molar-refractivity contribution in [3.63, 3.8) is 0 Å². The van der Waals surface area contributed by atoms with Crippen LogP contribution < -0.4 is 0 Å². The number of hydrogen-bond donors (Lipinski definition) is 1. The van der Waals surface area contributed by atoms with Gasteiger partial charge in [0.15, 0.2) is 5.78 Å². The van der Waals surface area contributed by atoms with Crippen LogP contribution in [0.5, 0.6) is 0 Å². The van der Waals surface area contributed by atoms with Crippen LogP contribution in [0.15, 0.2) is 48.2 Å². The summed E-state index contributed by atoms with van der Waals surface area (Å²) in [4.78, 5) is 21.7. The van der Waals surface area contributed by atoms with Gasteiger partial charge in [-0.05, 0) is 84.8 Å². The molecule has 0 spiro atoms. The van der Waals surface area contributed by atoms with Gasteiger partial charge in [-0.1, -0.05) is 107 Å². The van der Waals surface area contributed by atoms with Gasteiger partial charge in [-0.2, -0.15) is 0 Å². The fourth-order valence-electron chi connectivity index (χ4n) is 6.33. The van der Waals surface area contributed by atoms with Crippen molar-refractivity contribution in [2.24, 2.45) is 22.7 Å². The van der Waals surface area contributed by atoms with Crippen molar-refractivity contribution >= 4 is 27.5 Å². The zero-order valence-electron chi connectivity index (χ0n) is 34.1. The molecule has 4 rings (SSSR count). The summed E-state index contributed by atoms with van der Waals surface area (Å²) in [5, 5.41) is 13.4. The van der Waals surface area contributed by atoms with Gasteiger partial charge in [0, 0.05) is 45.1 Å². The summed E-state index contributed by atoms with van der Waals surface area (Å²) in [5.74, 6) is 1.61. The Morgan fingerprint density at radius 3 is 2.04 bits per heavy atom. The summed E-state index contributed by atoms with van der Waals surface area (Å²) in [7, 11) is 0. The normalized spacial score (nSPS) is 13.0. The standard InChI is InChI=1S/C29H33N2.C15H28O2.Ir/c1-17(2)10-22-15-23-8-9-26-28(25-13-19(5)12-20(6)14-25)30-21(7)31-29(26)27(23)24(16-22)11-18(3)4;1-7-14(5,8-2)12(16)11-13(17)15(6,9-3)10-4;/h8-9,12-13,15-18H,10-11H2,1-7H3;11,16H,7-10H2,1-6H3;/q-1;;/b;12-11-;/i7D2;;. The number of aliphatic hydroxyl groups is 1. The smallest absolute Gasteiger partial charge is 0.164 e. The number of carbonyl (C=O) groups excluding carboxylic acids is 1. The van der Waals surface area contributed by atoms with Crippen molar-refractivity contribution in [2.75, 3.05) is 0 Å². The fourth-order valence-corrected chi connectivity index (χ4v) is 6.33. The summed E-state index contributed by atoms with van der Waals surface area (Å²) in [5.41, 5.74) is 6.72. The zero-order valence-corrected chi connectivity index (χ0v) is 34.5. The minimum absolute atomic E-state index is 0. The van der Waals surface area contributed by atoms with E-state index in [1.165, 1.54) is 22.6 Å². The summed E-state index contributed by atoms with van der Waals surface area (Å²) in [6.45, 7) is 23.9. The van der Waals surface area contributed by atoms with E-state index in [1.54, 1.807) is 0 Å². The maximum Gasteiger partial charge on any atom is 0.164 e. The van der Waals surface area contributed by atoms with E-state index >= 15 is 0 Å². The van der Waals surface area contributed by atoms with Crippen LogP contribution >= 0.6 is 0 Å². The van der Waals surface area contributed by atoms with Crippen molar-refractivity contribution in [3.8, 4) is 11.3 Å². The van der Waals surface area contributed by atoms with Crippen LogP contribution in [0.25, 0.3) is 32.9 Å². The number of ketones is 1. The number of nitrogens with zero attached hydrogens (tertiary/aromatic N) is 2. The van der Waals surface area contributed by atoms with Gasteiger partial charge < -0.3 is 5.11 Å². The number of aryl methyl sites for hydroxylation is 3. The number of benzene rings is 3. The van der Waals surface area contributed by atoms with Crippen LogP contribution in [0.3, 0.4) is 0 Å². The molecule has 4 nitrogen and oxygen atoms in total. The topological polar surface area (TPSA) is 63.1 Å². The first-order valence-electron chi connectivity index (χ1n) is 19.1. The minimum Gasteiger partial charge on any atom is -0.512 e. The number of hydrogen-bond acceptors (Lipinski definition) is 4. The van der Waals surface area contributed by atoms with Crippen LogP contribution in [0.2, 0.25) is 0 Å². The first-order chi connectivity index (χ1) is 23.4. The Morgan fingerprint density at radius 1 is 0.898 bits per heavy atom. The fraction of sp³-hybridized carbons (Fsp3) is 0.523. The van der Waals surface area contributed by atoms with Gasteiger partial charge in [0.25, 0.3) is 0 Å². The minimum atomic E-state index is -1.25. The van der Waals surface area contributed by atoms with Crippen molar-refractivity contribution in [1.82, 2.24) is 9.97 Å². The number of aromatic nitrogens is 2. The van der Waals surface area contributed by atoms with E-state index in [4.69, 9.17) is 7.73 Å². The van der Waals surface area contributed by atoms with Crippen molar-refractivity contribution in [2.45, 2.75) is 128 Å². The molecule has 0 fully saturated rings. The van der Waals surface area contributed by atoms with E-state index in [0.717, 1.165) is 77.2 Å². The molecule has 0 aliphatic carbocycles. The average molecular weight is 844 g/mol. The zero-order chi connectivity index (χ0) is 37.6. The Kier molecular flexibility index (Phi) is 14.2. The Balaban J connectivity index is 0.000000428. The predicted molar refractivity (Wildman–Crippen MR) is 206 cm³/mol. The van der Waals surface area contributed by atoms with Gasteiger partial charge in [-0.3, -0.25) is 9.78 Å². The third kappa shape index (κ3) is 10.3. The summed E-state index contributed by atoms with van der Waals surface area (Å²) in [6, 6.07) is 16.5. The summed E-state index contributed by atoms with van der Waals surface area (Å²) in [6.07, 6.45) is 6.75. The van der Waals surface area contributed by atoms with E-state index < -0.39 is 6.88 Å². The molecule has 49 heavy (non-hydrogen) atoms. The molecule has 5 heteroatoms. The van der Waals surface area contributed by atoms with E-state index in [9.17, 15) is 9.90 Å². The van der Waals surface area contributed by atoms with Crippen molar-refractivity contribution in [1.29, 1.82) is 0 Å². The average Bonchev–Trinajstić information content (AvgIpc) is 3.05. The molecule has 269 valence electrons. The predicted octanol–water partition coefficient (Wildman–Crippen LogP) is 12.2. The Morgan fingerprint density at radius 2 is 1.51 bits per heavy atom. The van der Waals surface area contributed by atoms with Gasteiger partial charge in [0.2, 0.25) is 0 Å². The molecule has 4 aromatic rings. The second-order valence-corrected chi connectivity index (χ2v) is 15.1. The molecule has 0 amide bonds. The molecular formula is C44H61IrN2O2-. The molecular weight excluding hydrogens is 781 g/mol. The quantitative estimate of drug-likeness (QED) is 0.0668. The molecule has 0 aliphatic rings. The molecule has 1 aromatic heterocycles. The largest absolute Gasteiger partial charge is 0.512 e. The number of aliphatic hydroxyl groups excluding tert-OH is 1. The maximum atomic E-state index is 12.2.